The lowest BCUT2D eigenvalue weighted by molar-refractivity contribution is -0.148. The lowest BCUT2D eigenvalue weighted by Gasteiger charge is -2.23. The van der Waals surface area contributed by atoms with Crippen LogP contribution in [-0.4, -0.2) is 89.1 Å². The fraction of sp³-hybridized carbons (Fsp3) is 0.688. The number of aliphatic hydroxyl groups is 1. The first-order chi connectivity index (χ1) is 13.7. The fourth-order valence-electron chi connectivity index (χ4n) is 2.84. The summed E-state index contributed by atoms with van der Waals surface area (Å²) in [5, 5.41) is 22.9. The van der Waals surface area contributed by atoms with Gasteiger partial charge in [0, 0.05) is 13.1 Å². The van der Waals surface area contributed by atoms with Gasteiger partial charge in [0.05, 0.1) is 13.2 Å². The molecule has 10 N–H and O–H groups in total. The summed E-state index contributed by atoms with van der Waals surface area (Å²) >= 11 is 0. The molecule has 164 valence electrons. The molecule has 1 heterocycles. The monoisotopic (exact) mass is 415 g/mol. The van der Waals surface area contributed by atoms with E-state index >= 15 is 0 Å². The van der Waals surface area contributed by atoms with Gasteiger partial charge in [-0.3, -0.25) is 19.4 Å². The van der Waals surface area contributed by atoms with E-state index in [9.17, 15) is 19.2 Å². The number of rotatable bonds is 11. The topological polar surface area (TPSA) is 226 Å². The van der Waals surface area contributed by atoms with Crippen LogP contribution in [0.25, 0.3) is 0 Å². The molecule has 3 amide bonds. The van der Waals surface area contributed by atoms with Gasteiger partial charge in [0.2, 0.25) is 17.7 Å². The average Bonchev–Trinajstić information content (AvgIpc) is 3.17. The van der Waals surface area contributed by atoms with E-state index in [1.54, 1.807) is 0 Å². The molecule has 0 aliphatic carbocycles. The van der Waals surface area contributed by atoms with Crippen LogP contribution in [0, 0.1) is 0 Å². The zero-order valence-electron chi connectivity index (χ0n) is 16.0. The number of aliphatic imine (C=N–C) groups is 1. The molecule has 0 aromatic rings. The van der Waals surface area contributed by atoms with E-state index in [2.05, 4.69) is 15.6 Å². The highest BCUT2D eigenvalue weighted by atomic mass is 16.4. The number of carbonyl (C=O) groups is 4. The zero-order valence-corrected chi connectivity index (χ0v) is 16.0. The maximum Gasteiger partial charge on any atom is 0.326 e. The lowest BCUT2D eigenvalue weighted by atomic mass is 10.1. The predicted octanol–water partition coefficient (Wildman–Crippen LogP) is -3.96. The number of nitrogens with one attached hydrogen (secondary N) is 2. The number of hydrogen-bond donors (Lipinski definition) is 7. The quantitative estimate of drug-likeness (QED) is 0.0990. The summed E-state index contributed by atoms with van der Waals surface area (Å²) in [6.07, 6.45) is 1.44. The molecular weight excluding hydrogens is 386 g/mol. The third-order valence-corrected chi connectivity index (χ3v) is 4.38. The second-order valence-corrected chi connectivity index (χ2v) is 6.60. The first-order valence-corrected chi connectivity index (χ1v) is 9.19. The van der Waals surface area contributed by atoms with Gasteiger partial charge in [-0.15, -0.1) is 0 Å². The van der Waals surface area contributed by atoms with E-state index in [0.717, 1.165) is 0 Å². The molecule has 0 saturated carbocycles. The molecule has 1 fully saturated rings. The van der Waals surface area contributed by atoms with Crippen LogP contribution in [0.1, 0.15) is 25.7 Å². The maximum atomic E-state index is 12.5. The van der Waals surface area contributed by atoms with Crippen molar-refractivity contribution in [3.63, 3.8) is 0 Å². The van der Waals surface area contributed by atoms with Crippen molar-refractivity contribution < 1.29 is 29.4 Å². The second kappa shape index (κ2) is 11.8. The zero-order chi connectivity index (χ0) is 22.0. The highest BCUT2D eigenvalue weighted by Crippen LogP contribution is 2.17. The smallest absolute Gasteiger partial charge is 0.326 e. The van der Waals surface area contributed by atoms with Crippen LogP contribution in [0.4, 0.5) is 0 Å². The SMILES string of the molecule is NC(N)=NCCC[C@H](NC(=O)[C@@H](N)CO)C(=O)NCC(=O)N1CCC[C@H]1C(=O)O. The van der Waals surface area contributed by atoms with Gasteiger partial charge in [0.25, 0.3) is 0 Å². The van der Waals surface area contributed by atoms with Crippen molar-refractivity contribution in [2.75, 3.05) is 26.2 Å². The van der Waals surface area contributed by atoms with E-state index in [4.69, 9.17) is 27.4 Å². The second-order valence-electron chi connectivity index (χ2n) is 6.60. The molecule has 29 heavy (non-hydrogen) atoms. The van der Waals surface area contributed by atoms with Crippen LogP contribution in [0.3, 0.4) is 0 Å². The number of nitrogens with two attached hydrogens (primary N) is 3. The van der Waals surface area contributed by atoms with Gasteiger partial charge in [0.15, 0.2) is 5.96 Å². The van der Waals surface area contributed by atoms with Gasteiger partial charge in [-0.1, -0.05) is 0 Å². The standard InChI is InChI=1S/C16H29N7O6/c17-9(8-24)13(26)22-10(3-1-5-20-16(18)19)14(27)21-7-12(25)23-6-2-4-11(23)15(28)29/h9-11,24H,1-8,17H2,(H,21,27)(H,22,26)(H,28,29)(H4,18,19,20)/t9-,10-,11-/m0/s1. The number of nitrogens with zero attached hydrogens (tertiary/aromatic N) is 2. The Bertz CT molecular complexity index is 637. The highest BCUT2D eigenvalue weighted by Gasteiger charge is 2.34. The van der Waals surface area contributed by atoms with Crippen molar-refractivity contribution in [1.29, 1.82) is 0 Å². The van der Waals surface area contributed by atoms with E-state index in [1.807, 2.05) is 0 Å². The van der Waals surface area contributed by atoms with Gasteiger partial charge in [-0.25, -0.2) is 4.79 Å². The Morgan fingerprint density at radius 1 is 1.21 bits per heavy atom. The van der Waals surface area contributed by atoms with Crippen molar-refractivity contribution in [2.45, 2.75) is 43.8 Å². The molecule has 0 aromatic heterocycles. The van der Waals surface area contributed by atoms with Gasteiger partial charge in [0.1, 0.15) is 18.1 Å². The van der Waals surface area contributed by atoms with Crippen LogP contribution in [0.5, 0.6) is 0 Å². The summed E-state index contributed by atoms with van der Waals surface area (Å²) in [5.74, 6) is -3.11. The molecule has 1 aliphatic rings. The molecular formula is C16H29N7O6. The number of guanidine groups is 1. The first-order valence-electron chi connectivity index (χ1n) is 9.19. The number of aliphatic hydroxyl groups excluding tert-OH is 1. The summed E-state index contributed by atoms with van der Waals surface area (Å²) in [6, 6.07) is -3.14. The number of amides is 3. The maximum absolute atomic E-state index is 12.5. The third kappa shape index (κ3) is 7.91. The largest absolute Gasteiger partial charge is 0.480 e. The van der Waals surface area contributed by atoms with E-state index < -0.39 is 55.0 Å². The number of likely N-dealkylation sites (tertiary alicyclic amines) is 1. The van der Waals surface area contributed by atoms with Crippen LogP contribution >= 0.6 is 0 Å². The van der Waals surface area contributed by atoms with Crippen molar-refractivity contribution in [3.8, 4) is 0 Å². The van der Waals surface area contributed by atoms with Crippen LogP contribution < -0.4 is 27.8 Å². The van der Waals surface area contributed by atoms with Gasteiger partial charge in [-0.2, -0.15) is 0 Å². The molecule has 13 nitrogen and oxygen atoms in total. The molecule has 1 saturated heterocycles. The third-order valence-electron chi connectivity index (χ3n) is 4.38. The van der Waals surface area contributed by atoms with Crippen LogP contribution in [-0.2, 0) is 19.2 Å². The number of aliphatic carboxylic acids is 1. The highest BCUT2D eigenvalue weighted by molar-refractivity contribution is 5.92. The minimum absolute atomic E-state index is 0.110. The minimum atomic E-state index is -1.20. The summed E-state index contributed by atoms with van der Waals surface area (Å²) < 4.78 is 0. The molecule has 0 bridgehead atoms. The lowest BCUT2D eigenvalue weighted by Crippen LogP contribution is -2.54. The first kappa shape index (κ1) is 24.1. The molecule has 0 aromatic carbocycles. The Hall–Kier alpha value is -2.93. The predicted molar refractivity (Wildman–Crippen MR) is 102 cm³/mol. The van der Waals surface area contributed by atoms with Gasteiger partial charge in [-0.05, 0) is 25.7 Å². The van der Waals surface area contributed by atoms with Crippen LogP contribution in [0.15, 0.2) is 4.99 Å². The normalized spacial score (nSPS) is 17.9. The van der Waals surface area contributed by atoms with Crippen molar-refractivity contribution in [2.24, 2.45) is 22.2 Å². The molecule has 3 atom stereocenters. The Morgan fingerprint density at radius 2 is 1.90 bits per heavy atom. The van der Waals surface area contributed by atoms with Crippen LogP contribution in [0.2, 0.25) is 0 Å². The summed E-state index contributed by atoms with van der Waals surface area (Å²) in [4.78, 5) is 52.8. The molecule has 0 unspecified atom stereocenters. The number of carboxylic acid groups (broad SMARTS) is 1. The van der Waals surface area contributed by atoms with Gasteiger partial charge >= 0.3 is 5.97 Å². The van der Waals surface area contributed by atoms with Crippen molar-refractivity contribution >= 4 is 29.7 Å². The van der Waals surface area contributed by atoms with E-state index in [0.29, 0.717) is 25.8 Å². The number of hydrogen-bond acceptors (Lipinski definition) is 7. The molecule has 0 spiro atoms. The molecule has 1 aliphatic heterocycles. The minimum Gasteiger partial charge on any atom is -0.480 e. The van der Waals surface area contributed by atoms with E-state index in [1.165, 1.54) is 4.90 Å². The van der Waals surface area contributed by atoms with Crippen molar-refractivity contribution in [3.05, 3.63) is 0 Å². The Morgan fingerprint density at radius 3 is 2.48 bits per heavy atom. The van der Waals surface area contributed by atoms with Gasteiger partial charge < -0.3 is 42.9 Å². The molecule has 13 heteroatoms. The molecule has 1 rings (SSSR count). The Balaban J connectivity index is 2.66. The summed E-state index contributed by atoms with van der Waals surface area (Å²) in [5.41, 5.74) is 15.9. The number of carbonyl (C=O) groups excluding carboxylic acids is 3. The fourth-order valence-corrected chi connectivity index (χ4v) is 2.84. The van der Waals surface area contributed by atoms with Crippen molar-refractivity contribution in [1.82, 2.24) is 15.5 Å². The average molecular weight is 415 g/mol. The Kier molecular flexibility index (Phi) is 9.82. The van der Waals surface area contributed by atoms with E-state index in [-0.39, 0.29) is 18.9 Å². The summed E-state index contributed by atoms with van der Waals surface area (Å²) in [6.45, 7) is -0.482. The summed E-state index contributed by atoms with van der Waals surface area (Å²) in [7, 11) is 0. The Labute approximate surface area is 167 Å². The number of carboxylic acids is 1. The molecule has 0 radical (unpaired) electrons.